The molecular weight excluding hydrogens is 323 g/mol. The Bertz CT molecular complexity index is 961. The van der Waals surface area contributed by atoms with Crippen LogP contribution in [-0.2, 0) is 12.8 Å². The van der Waals surface area contributed by atoms with Crippen molar-refractivity contribution in [3.8, 4) is 11.4 Å². The molecule has 0 spiro atoms. The molecule has 4 nitrogen and oxygen atoms in total. The van der Waals surface area contributed by atoms with Gasteiger partial charge < -0.3 is 0 Å². The van der Waals surface area contributed by atoms with E-state index in [0.717, 1.165) is 29.2 Å². The van der Waals surface area contributed by atoms with Gasteiger partial charge in [0.25, 0.3) is 0 Å². The van der Waals surface area contributed by atoms with Crippen LogP contribution in [0, 0.1) is 5.82 Å². The van der Waals surface area contributed by atoms with Crippen molar-refractivity contribution in [1.29, 1.82) is 0 Å². The molecule has 6 heteroatoms. The number of rotatable bonds is 5. The van der Waals surface area contributed by atoms with Crippen LogP contribution in [-0.4, -0.2) is 19.8 Å². The van der Waals surface area contributed by atoms with E-state index in [-0.39, 0.29) is 5.82 Å². The fraction of sp³-hybridized carbons (Fsp3) is 0.167. The monoisotopic (exact) mass is 338 g/mol. The Morgan fingerprint density at radius 2 is 1.83 bits per heavy atom. The van der Waals surface area contributed by atoms with Crippen LogP contribution in [0.3, 0.4) is 0 Å². The zero-order valence-corrected chi connectivity index (χ0v) is 13.7. The van der Waals surface area contributed by atoms with Crippen LogP contribution in [0.25, 0.3) is 16.3 Å². The van der Waals surface area contributed by atoms with E-state index >= 15 is 0 Å². The lowest BCUT2D eigenvalue weighted by molar-refractivity contribution is 0.628. The highest BCUT2D eigenvalue weighted by molar-refractivity contribution is 7.16. The van der Waals surface area contributed by atoms with Gasteiger partial charge in [0, 0.05) is 12.0 Å². The number of nitrogens with zero attached hydrogens (tertiary/aromatic N) is 4. The minimum Gasteiger partial charge on any atom is -0.207 e. The lowest BCUT2D eigenvalue weighted by Gasteiger charge is -1.99. The summed E-state index contributed by atoms with van der Waals surface area (Å²) in [6.45, 7) is 0. The molecule has 0 radical (unpaired) electrons. The topological polar surface area (TPSA) is 43.1 Å². The van der Waals surface area contributed by atoms with E-state index in [1.165, 1.54) is 29.0 Å². The molecule has 0 aliphatic rings. The second-order valence-electron chi connectivity index (χ2n) is 5.56. The van der Waals surface area contributed by atoms with Crippen LogP contribution in [0.15, 0.2) is 54.6 Å². The molecule has 0 aliphatic heterocycles. The average molecular weight is 338 g/mol. The second kappa shape index (κ2) is 6.49. The minimum absolute atomic E-state index is 0.289. The van der Waals surface area contributed by atoms with Crippen molar-refractivity contribution in [2.75, 3.05) is 0 Å². The molecule has 4 rings (SSSR count). The van der Waals surface area contributed by atoms with Gasteiger partial charge in [0.05, 0.1) is 0 Å². The van der Waals surface area contributed by atoms with Crippen molar-refractivity contribution in [3.63, 3.8) is 0 Å². The molecule has 2 heterocycles. The second-order valence-corrected chi connectivity index (χ2v) is 6.60. The fourth-order valence-corrected chi connectivity index (χ4v) is 3.53. The summed E-state index contributed by atoms with van der Waals surface area (Å²) in [6, 6.07) is 16.8. The molecule has 2 aromatic carbocycles. The summed E-state index contributed by atoms with van der Waals surface area (Å²) in [5.41, 5.74) is 2.02. The van der Waals surface area contributed by atoms with Crippen LogP contribution in [0.1, 0.15) is 17.0 Å². The molecular formula is C18H15FN4S. The normalized spacial score (nSPS) is 11.2. The van der Waals surface area contributed by atoms with Crippen LogP contribution >= 0.6 is 11.3 Å². The van der Waals surface area contributed by atoms with Gasteiger partial charge in [-0.3, -0.25) is 0 Å². The molecule has 0 aliphatic carbocycles. The summed E-state index contributed by atoms with van der Waals surface area (Å²) < 4.78 is 15.1. The summed E-state index contributed by atoms with van der Waals surface area (Å²) >= 11 is 1.54. The Balaban J connectivity index is 1.52. The number of aromatic nitrogens is 4. The predicted octanol–water partition coefficient (Wildman–Crippen LogP) is 4.17. The third kappa shape index (κ3) is 3.05. The molecule has 0 atom stereocenters. The van der Waals surface area contributed by atoms with E-state index in [4.69, 9.17) is 0 Å². The van der Waals surface area contributed by atoms with E-state index in [0.29, 0.717) is 11.4 Å². The highest BCUT2D eigenvalue weighted by atomic mass is 32.1. The van der Waals surface area contributed by atoms with E-state index in [2.05, 4.69) is 39.6 Å². The number of hydrogen-bond acceptors (Lipinski definition) is 4. The first kappa shape index (κ1) is 15.0. The number of benzene rings is 2. The van der Waals surface area contributed by atoms with Gasteiger partial charge in [-0.15, -0.1) is 10.2 Å². The molecule has 4 aromatic rings. The zero-order chi connectivity index (χ0) is 16.4. The molecule has 0 fully saturated rings. The number of fused-ring (bicyclic) bond motifs is 1. The number of aryl methyl sites for hydroxylation is 2. The summed E-state index contributed by atoms with van der Waals surface area (Å²) in [5, 5.41) is 13.9. The Morgan fingerprint density at radius 3 is 2.67 bits per heavy atom. The highest BCUT2D eigenvalue weighted by Gasteiger charge is 2.13. The van der Waals surface area contributed by atoms with Gasteiger partial charge in [0.2, 0.25) is 4.96 Å². The lowest BCUT2D eigenvalue weighted by atomic mass is 10.1. The average Bonchev–Trinajstić information content (AvgIpc) is 3.16. The maximum Gasteiger partial charge on any atom is 0.234 e. The molecule has 24 heavy (non-hydrogen) atoms. The Labute approximate surface area is 142 Å². The third-order valence-corrected chi connectivity index (χ3v) is 4.77. The maximum atomic E-state index is 13.4. The summed E-state index contributed by atoms with van der Waals surface area (Å²) in [6.07, 6.45) is 2.95. The summed E-state index contributed by atoms with van der Waals surface area (Å²) in [4.78, 5) is 0.740. The van der Waals surface area contributed by atoms with E-state index in [9.17, 15) is 4.39 Å². The van der Waals surface area contributed by atoms with Crippen molar-refractivity contribution < 1.29 is 4.39 Å². The molecule has 2 aromatic heterocycles. The molecule has 0 saturated heterocycles. The van der Waals surface area contributed by atoms with Crippen molar-refractivity contribution in [2.45, 2.75) is 19.3 Å². The molecule has 120 valence electrons. The van der Waals surface area contributed by atoms with Crippen LogP contribution in [0.5, 0.6) is 0 Å². The third-order valence-electron chi connectivity index (χ3n) is 3.81. The Kier molecular flexibility index (Phi) is 4.04. The summed E-state index contributed by atoms with van der Waals surface area (Å²) in [7, 11) is 0. The molecule has 0 bridgehead atoms. The minimum atomic E-state index is -0.289. The smallest absolute Gasteiger partial charge is 0.207 e. The van der Waals surface area contributed by atoms with Crippen LogP contribution in [0.4, 0.5) is 4.39 Å². The Morgan fingerprint density at radius 1 is 0.958 bits per heavy atom. The number of halogens is 1. The summed E-state index contributed by atoms with van der Waals surface area (Å²) in [5.74, 6) is 0.289. The van der Waals surface area contributed by atoms with E-state index in [1.807, 2.05) is 12.1 Å². The Hall–Kier alpha value is -2.60. The van der Waals surface area contributed by atoms with E-state index in [1.54, 1.807) is 10.6 Å². The van der Waals surface area contributed by atoms with Gasteiger partial charge in [-0.05, 0) is 30.5 Å². The first-order valence-electron chi connectivity index (χ1n) is 7.80. The SMILES string of the molecule is Fc1cccc(-c2nnc3sc(CCCc4ccccc4)nn23)c1. The fourth-order valence-electron chi connectivity index (χ4n) is 2.65. The molecule has 0 unspecified atom stereocenters. The number of hydrogen-bond donors (Lipinski definition) is 0. The largest absolute Gasteiger partial charge is 0.234 e. The van der Waals surface area contributed by atoms with E-state index < -0.39 is 0 Å². The standard InChI is InChI=1S/C18H15FN4S/c19-15-10-5-9-14(12-15)17-20-21-18-23(17)22-16(24-18)11-4-8-13-6-2-1-3-7-13/h1-3,5-7,9-10,12H,4,8,11H2. The van der Waals surface area contributed by atoms with Gasteiger partial charge in [-0.25, -0.2) is 4.39 Å². The highest BCUT2D eigenvalue weighted by Crippen LogP contribution is 2.23. The first-order chi connectivity index (χ1) is 11.8. The van der Waals surface area contributed by atoms with Gasteiger partial charge >= 0.3 is 0 Å². The van der Waals surface area contributed by atoms with Crippen LogP contribution < -0.4 is 0 Å². The van der Waals surface area contributed by atoms with Crippen molar-refractivity contribution >= 4 is 16.3 Å². The van der Waals surface area contributed by atoms with Crippen molar-refractivity contribution in [2.24, 2.45) is 0 Å². The van der Waals surface area contributed by atoms with Gasteiger partial charge in [0.1, 0.15) is 10.8 Å². The van der Waals surface area contributed by atoms with Gasteiger partial charge in [0.15, 0.2) is 5.82 Å². The molecule has 0 N–H and O–H groups in total. The maximum absolute atomic E-state index is 13.4. The van der Waals surface area contributed by atoms with Crippen molar-refractivity contribution in [3.05, 3.63) is 71.0 Å². The van der Waals surface area contributed by atoms with Crippen LogP contribution in [0.2, 0.25) is 0 Å². The van der Waals surface area contributed by atoms with Gasteiger partial charge in [-0.1, -0.05) is 53.8 Å². The quantitative estimate of drug-likeness (QED) is 0.548. The van der Waals surface area contributed by atoms with Crippen molar-refractivity contribution in [1.82, 2.24) is 19.8 Å². The van der Waals surface area contributed by atoms with Gasteiger partial charge in [-0.2, -0.15) is 9.61 Å². The molecule has 0 saturated carbocycles. The lowest BCUT2D eigenvalue weighted by Crippen LogP contribution is -1.94. The zero-order valence-electron chi connectivity index (χ0n) is 12.9. The predicted molar refractivity (Wildman–Crippen MR) is 92.5 cm³/mol. The first-order valence-corrected chi connectivity index (χ1v) is 8.62. The molecule has 0 amide bonds.